The molecule has 1 aliphatic heterocycles. The Balaban J connectivity index is 2.19. The van der Waals surface area contributed by atoms with Crippen molar-refractivity contribution in [2.75, 3.05) is 5.73 Å². The van der Waals surface area contributed by atoms with Crippen LogP contribution in [0.15, 0.2) is 0 Å². The molecule has 2 rings (SSSR count). The number of Topliss-reactive ketones (excluding diaryl/α,β-unsaturated/α-hetero) is 1. The van der Waals surface area contributed by atoms with E-state index < -0.39 is 17.6 Å². The highest BCUT2D eigenvalue weighted by Crippen LogP contribution is 2.25. The van der Waals surface area contributed by atoms with Gasteiger partial charge in [-0.2, -0.15) is 0 Å². The zero-order valence-corrected chi connectivity index (χ0v) is 11.3. The Morgan fingerprint density at radius 3 is 2.83 bits per heavy atom. The van der Waals surface area contributed by atoms with Crippen molar-refractivity contribution >= 4 is 28.2 Å². The predicted octanol–water partition coefficient (Wildman–Crippen LogP) is 0.722. The van der Waals surface area contributed by atoms with Gasteiger partial charge in [-0.3, -0.25) is 10.1 Å². The van der Waals surface area contributed by atoms with E-state index in [0.717, 1.165) is 4.88 Å². The Morgan fingerprint density at radius 2 is 2.22 bits per heavy atom. The van der Waals surface area contributed by atoms with E-state index >= 15 is 0 Å². The van der Waals surface area contributed by atoms with Gasteiger partial charge in [0, 0.05) is 6.54 Å². The zero-order valence-electron chi connectivity index (χ0n) is 10.4. The highest BCUT2D eigenvalue weighted by atomic mass is 32.1. The molecule has 0 amide bonds. The number of anilines is 1. The molecule has 6 nitrogen and oxygen atoms in total. The second kappa shape index (κ2) is 4.33. The van der Waals surface area contributed by atoms with Crippen LogP contribution in [0, 0.1) is 0 Å². The molecule has 1 aliphatic rings. The van der Waals surface area contributed by atoms with Crippen LogP contribution < -0.4 is 11.1 Å². The molecule has 1 aromatic heterocycles. The summed E-state index contributed by atoms with van der Waals surface area (Å²) in [6, 6.07) is -0.988. The summed E-state index contributed by atoms with van der Waals surface area (Å²) in [5.41, 5.74) is 5.21. The summed E-state index contributed by atoms with van der Waals surface area (Å²) in [6.07, 6.45) is 0. The molecule has 0 aromatic carbocycles. The van der Waals surface area contributed by atoms with Crippen molar-refractivity contribution in [3.63, 3.8) is 0 Å². The number of fused-ring (bicyclic) bond motifs is 1. The number of esters is 1. The smallest absolute Gasteiger partial charge is 0.331 e. The molecular weight excluding hydrogens is 254 g/mol. The van der Waals surface area contributed by atoms with Gasteiger partial charge in [-0.15, -0.1) is 11.3 Å². The molecule has 0 saturated heterocycles. The number of ketones is 1. The molecule has 3 N–H and O–H groups in total. The number of nitrogens with two attached hydrogens (primary N) is 1. The van der Waals surface area contributed by atoms with Gasteiger partial charge in [0.2, 0.25) is 5.78 Å². The molecule has 7 heteroatoms. The number of carbonyl (C=O) groups is 2. The van der Waals surface area contributed by atoms with Crippen LogP contribution >= 0.6 is 11.3 Å². The third-order valence-corrected chi connectivity index (χ3v) is 3.20. The number of hydrogen-bond donors (Lipinski definition) is 2. The molecule has 0 saturated carbocycles. The first-order valence-corrected chi connectivity index (χ1v) is 6.35. The van der Waals surface area contributed by atoms with E-state index in [2.05, 4.69) is 10.3 Å². The molecule has 1 aromatic rings. The zero-order chi connectivity index (χ0) is 13.5. The Morgan fingerprint density at radius 1 is 1.56 bits per heavy atom. The summed E-state index contributed by atoms with van der Waals surface area (Å²) >= 11 is 1.25. The van der Waals surface area contributed by atoms with Crippen molar-refractivity contribution in [2.24, 2.45) is 0 Å². The van der Waals surface area contributed by atoms with Crippen molar-refractivity contribution < 1.29 is 14.3 Å². The summed E-state index contributed by atoms with van der Waals surface area (Å²) in [4.78, 5) is 28.7. The van der Waals surface area contributed by atoms with Gasteiger partial charge in [-0.05, 0) is 20.8 Å². The summed E-state index contributed by atoms with van der Waals surface area (Å²) < 4.78 is 5.19. The largest absolute Gasteiger partial charge is 0.458 e. The van der Waals surface area contributed by atoms with Gasteiger partial charge in [0.25, 0.3) is 0 Å². The maximum absolute atomic E-state index is 12.1. The van der Waals surface area contributed by atoms with Crippen LogP contribution in [-0.2, 0) is 16.1 Å². The maximum Gasteiger partial charge on any atom is 0.331 e. The lowest BCUT2D eigenvalue weighted by Crippen LogP contribution is -2.49. The van der Waals surface area contributed by atoms with Gasteiger partial charge in [-0.1, -0.05) is 0 Å². The second-order valence-corrected chi connectivity index (χ2v) is 6.15. The molecule has 18 heavy (non-hydrogen) atoms. The summed E-state index contributed by atoms with van der Waals surface area (Å²) in [5, 5.41) is 3.18. The summed E-state index contributed by atoms with van der Waals surface area (Å²) in [6.45, 7) is 5.67. The molecule has 2 heterocycles. The molecule has 0 aliphatic carbocycles. The fourth-order valence-electron chi connectivity index (χ4n) is 1.66. The van der Waals surface area contributed by atoms with Crippen LogP contribution in [0.2, 0.25) is 0 Å². The lowest BCUT2D eigenvalue weighted by Gasteiger charge is -2.25. The SMILES string of the molecule is CC(C)(C)OC(=O)[C@H]1NCc2sc(N)nc2C1=O. The van der Waals surface area contributed by atoms with Crippen LogP contribution in [-0.4, -0.2) is 28.4 Å². The number of nitrogens with zero attached hydrogens (tertiary/aromatic N) is 1. The lowest BCUT2D eigenvalue weighted by atomic mass is 10.0. The highest BCUT2D eigenvalue weighted by Gasteiger charge is 2.37. The lowest BCUT2D eigenvalue weighted by molar-refractivity contribution is -0.156. The minimum absolute atomic E-state index is 0.284. The predicted molar refractivity (Wildman–Crippen MR) is 67.3 cm³/mol. The van der Waals surface area contributed by atoms with E-state index in [9.17, 15) is 9.59 Å². The summed E-state index contributed by atoms with van der Waals surface area (Å²) in [5.74, 6) is -0.955. The fourth-order valence-corrected chi connectivity index (χ4v) is 2.45. The number of carbonyl (C=O) groups excluding carboxylic acids is 2. The van der Waals surface area contributed by atoms with Crippen molar-refractivity contribution in [3.05, 3.63) is 10.6 Å². The molecule has 0 unspecified atom stereocenters. The summed E-state index contributed by atoms with van der Waals surface area (Å²) in [7, 11) is 0. The van der Waals surface area contributed by atoms with Crippen molar-refractivity contribution in [1.82, 2.24) is 10.3 Å². The molecular formula is C11H15N3O3S. The Bertz CT molecular complexity index is 504. The Labute approximate surface area is 109 Å². The monoisotopic (exact) mass is 269 g/mol. The van der Waals surface area contributed by atoms with Crippen LogP contribution in [0.25, 0.3) is 0 Å². The van der Waals surface area contributed by atoms with Crippen LogP contribution in [0.1, 0.15) is 36.1 Å². The second-order valence-electron chi connectivity index (χ2n) is 5.04. The van der Waals surface area contributed by atoms with Gasteiger partial charge in [-0.25, -0.2) is 9.78 Å². The minimum Gasteiger partial charge on any atom is -0.458 e. The first-order valence-electron chi connectivity index (χ1n) is 5.53. The van der Waals surface area contributed by atoms with Gasteiger partial charge < -0.3 is 10.5 Å². The molecule has 1 atom stereocenters. The van der Waals surface area contributed by atoms with Crippen LogP contribution in [0.3, 0.4) is 0 Å². The van der Waals surface area contributed by atoms with E-state index in [1.165, 1.54) is 11.3 Å². The van der Waals surface area contributed by atoms with E-state index in [0.29, 0.717) is 11.7 Å². The third kappa shape index (κ3) is 2.51. The third-order valence-electron chi connectivity index (χ3n) is 2.32. The number of nitrogens with one attached hydrogen (secondary N) is 1. The molecule has 0 radical (unpaired) electrons. The van der Waals surface area contributed by atoms with Crippen molar-refractivity contribution in [2.45, 2.75) is 39.0 Å². The first kappa shape index (κ1) is 13.0. The Kier molecular flexibility index (Phi) is 3.12. The van der Waals surface area contributed by atoms with E-state index in [1.807, 2.05) is 0 Å². The quantitative estimate of drug-likeness (QED) is 0.576. The number of hydrogen-bond acceptors (Lipinski definition) is 7. The van der Waals surface area contributed by atoms with Gasteiger partial charge in [0.1, 0.15) is 11.3 Å². The minimum atomic E-state index is -0.988. The fraction of sp³-hybridized carbons (Fsp3) is 0.545. The number of nitrogen functional groups attached to an aromatic ring is 1. The van der Waals surface area contributed by atoms with Crippen molar-refractivity contribution in [1.29, 1.82) is 0 Å². The van der Waals surface area contributed by atoms with E-state index in [4.69, 9.17) is 10.5 Å². The number of aromatic nitrogens is 1. The van der Waals surface area contributed by atoms with E-state index in [1.54, 1.807) is 20.8 Å². The topological polar surface area (TPSA) is 94.3 Å². The molecule has 0 fully saturated rings. The standard InChI is InChI=1S/C11H15N3O3S/c1-11(2,3)17-9(16)7-8(15)6-5(4-13-7)18-10(12)14-6/h7,13H,4H2,1-3H3,(H2,12,14)/t7-/m0/s1. The maximum atomic E-state index is 12.1. The Hall–Kier alpha value is -1.47. The molecule has 0 spiro atoms. The van der Waals surface area contributed by atoms with E-state index in [-0.39, 0.29) is 11.5 Å². The molecule has 98 valence electrons. The first-order chi connectivity index (χ1) is 8.28. The molecule has 0 bridgehead atoms. The highest BCUT2D eigenvalue weighted by molar-refractivity contribution is 7.15. The van der Waals surface area contributed by atoms with Crippen molar-refractivity contribution in [3.8, 4) is 0 Å². The van der Waals surface area contributed by atoms with Gasteiger partial charge in [0.05, 0.1) is 4.88 Å². The number of thiazole rings is 1. The van der Waals surface area contributed by atoms with Gasteiger partial charge in [0.15, 0.2) is 11.2 Å². The van der Waals surface area contributed by atoms with Crippen LogP contribution in [0.5, 0.6) is 0 Å². The van der Waals surface area contributed by atoms with Crippen LogP contribution in [0.4, 0.5) is 5.13 Å². The average molecular weight is 269 g/mol. The number of ether oxygens (including phenoxy) is 1. The van der Waals surface area contributed by atoms with Gasteiger partial charge >= 0.3 is 5.97 Å². The average Bonchev–Trinajstić information content (AvgIpc) is 2.57. The normalized spacial score (nSPS) is 19.5. The number of rotatable bonds is 1.